The molecule has 4 unspecified atom stereocenters. The second-order valence-corrected chi connectivity index (χ2v) is 10.5. The van der Waals surface area contributed by atoms with Gasteiger partial charge < -0.3 is 42.7 Å². The van der Waals surface area contributed by atoms with Crippen LogP contribution in [0.25, 0.3) is 0 Å². The number of amides is 4. The van der Waals surface area contributed by atoms with E-state index in [-0.39, 0.29) is 49.5 Å². The smallest absolute Gasteiger partial charge is 0.326 e. The van der Waals surface area contributed by atoms with Crippen molar-refractivity contribution in [1.29, 1.82) is 0 Å². The van der Waals surface area contributed by atoms with Crippen molar-refractivity contribution in [1.82, 2.24) is 16.0 Å². The molecular formula is C29H39N5O8. The molecule has 0 aromatic heterocycles. The molecule has 0 aliphatic rings. The number of phenolic OH excluding ortho intramolecular Hbond substituents is 2. The molecule has 2 aromatic rings. The van der Waals surface area contributed by atoms with Gasteiger partial charge in [0.1, 0.15) is 29.6 Å². The number of phenols is 2. The molecule has 4 atom stereocenters. The summed E-state index contributed by atoms with van der Waals surface area (Å²) in [4.78, 5) is 62.5. The number of carboxylic acid groups (broad SMARTS) is 1. The minimum Gasteiger partial charge on any atom is -0.508 e. The average molecular weight is 586 g/mol. The van der Waals surface area contributed by atoms with Gasteiger partial charge >= 0.3 is 5.97 Å². The van der Waals surface area contributed by atoms with Crippen LogP contribution in [0, 0.1) is 5.92 Å². The monoisotopic (exact) mass is 585 g/mol. The molecule has 0 bridgehead atoms. The minimum atomic E-state index is -1.35. The van der Waals surface area contributed by atoms with Gasteiger partial charge in [-0.05, 0) is 54.2 Å². The highest BCUT2D eigenvalue weighted by Crippen LogP contribution is 2.14. The second-order valence-electron chi connectivity index (χ2n) is 10.5. The Kier molecular flexibility index (Phi) is 12.8. The number of aromatic hydroxyl groups is 2. The van der Waals surface area contributed by atoms with Crippen LogP contribution >= 0.6 is 0 Å². The fourth-order valence-corrected chi connectivity index (χ4v) is 4.10. The van der Waals surface area contributed by atoms with Crippen LogP contribution in [-0.4, -0.2) is 69.1 Å². The van der Waals surface area contributed by atoms with Gasteiger partial charge in [-0.1, -0.05) is 38.1 Å². The molecule has 13 heteroatoms. The van der Waals surface area contributed by atoms with Crippen LogP contribution in [0.5, 0.6) is 11.5 Å². The highest BCUT2D eigenvalue weighted by Gasteiger charge is 2.31. The fraction of sp³-hybridized carbons (Fsp3) is 0.414. The van der Waals surface area contributed by atoms with Gasteiger partial charge in [-0.3, -0.25) is 19.2 Å². The van der Waals surface area contributed by atoms with Gasteiger partial charge in [0, 0.05) is 19.3 Å². The van der Waals surface area contributed by atoms with Crippen molar-refractivity contribution in [3.63, 3.8) is 0 Å². The van der Waals surface area contributed by atoms with Crippen molar-refractivity contribution >= 4 is 29.6 Å². The molecular weight excluding hydrogens is 546 g/mol. The molecule has 2 rings (SSSR count). The summed E-state index contributed by atoms with van der Waals surface area (Å²) in [5.41, 5.74) is 12.1. The Balaban J connectivity index is 2.26. The van der Waals surface area contributed by atoms with Crippen molar-refractivity contribution in [3.8, 4) is 11.5 Å². The molecule has 0 saturated carbocycles. The SMILES string of the molecule is CC(C)CC(NC(=O)C(N)CCC(N)=O)C(=O)NC(Cc1ccc(O)cc1)C(=O)NC(Cc1ccc(O)cc1)C(=O)O. The normalized spacial score (nSPS) is 13.8. The van der Waals surface area contributed by atoms with E-state index in [2.05, 4.69) is 16.0 Å². The number of nitrogens with one attached hydrogen (secondary N) is 3. The zero-order chi connectivity index (χ0) is 31.4. The first-order valence-corrected chi connectivity index (χ1v) is 13.5. The van der Waals surface area contributed by atoms with E-state index >= 15 is 0 Å². The van der Waals surface area contributed by atoms with Gasteiger partial charge in [0.25, 0.3) is 0 Å². The van der Waals surface area contributed by atoms with E-state index in [9.17, 15) is 39.3 Å². The predicted molar refractivity (Wildman–Crippen MR) is 153 cm³/mol. The maximum Gasteiger partial charge on any atom is 0.326 e. The Morgan fingerprint density at radius 2 is 1.14 bits per heavy atom. The number of carbonyl (C=O) groups excluding carboxylic acids is 4. The summed E-state index contributed by atoms with van der Waals surface area (Å²) in [6.45, 7) is 3.67. The van der Waals surface area contributed by atoms with Gasteiger partial charge in [-0.2, -0.15) is 0 Å². The van der Waals surface area contributed by atoms with E-state index < -0.39 is 53.8 Å². The third kappa shape index (κ3) is 11.5. The second kappa shape index (κ2) is 16.0. The van der Waals surface area contributed by atoms with Crippen molar-refractivity contribution in [2.75, 3.05) is 0 Å². The van der Waals surface area contributed by atoms with E-state index in [0.717, 1.165) is 0 Å². The maximum absolute atomic E-state index is 13.4. The Labute approximate surface area is 243 Å². The van der Waals surface area contributed by atoms with Crippen molar-refractivity contribution in [3.05, 3.63) is 59.7 Å². The van der Waals surface area contributed by atoms with Crippen LogP contribution in [0.15, 0.2) is 48.5 Å². The quantitative estimate of drug-likeness (QED) is 0.133. The van der Waals surface area contributed by atoms with Crippen LogP contribution in [-0.2, 0) is 36.8 Å². The summed E-state index contributed by atoms with van der Waals surface area (Å²) in [6.07, 6.45) is -0.0628. The van der Waals surface area contributed by atoms with E-state index in [1.54, 1.807) is 12.1 Å². The third-order valence-electron chi connectivity index (χ3n) is 6.38. The number of aliphatic carboxylic acids is 1. The molecule has 0 aliphatic heterocycles. The van der Waals surface area contributed by atoms with E-state index in [1.807, 2.05) is 13.8 Å². The molecule has 2 aromatic carbocycles. The summed E-state index contributed by atoms with van der Waals surface area (Å²) in [7, 11) is 0. The number of benzene rings is 2. The molecule has 228 valence electrons. The molecule has 0 saturated heterocycles. The molecule has 0 aliphatic carbocycles. The topological polar surface area (TPSA) is 234 Å². The molecule has 13 nitrogen and oxygen atoms in total. The van der Waals surface area contributed by atoms with Crippen LogP contribution in [0.3, 0.4) is 0 Å². The van der Waals surface area contributed by atoms with Crippen LogP contribution in [0.2, 0.25) is 0 Å². The number of primary amides is 1. The number of hydrogen-bond donors (Lipinski definition) is 8. The Hall–Kier alpha value is -4.65. The summed E-state index contributed by atoms with van der Waals surface area (Å²) in [5.74, 6) is -4.12. The lowest BCUT2D eigenvalue weighted by atomic mass is 10.00. The zero-order valence-corrected chi connectivity index (χ0v) is 23.6. The molecule has 10 N–H and O–H groups in total. The third-order valence-corrected chi connectivity index (χ3v) is 6.38. The Morgan fingerprint density at radius 3 is 1.60 bits per heavy atom. The first kappa shape index (κ1) is 33.6. The largest absolute Gasteiger partial charge is 0.508 e. The number of hydrogen-bond acceptors (Lipinski definition) is 8. The number of nitrogens with two attached hydrogens (primary N) is 2. The first-order valence-electron chi connectivity index (χ1n) is 13.5. The zero-order valence-electron chi connectivity index (χ0n) is 23.6. The highest BCUT2D eigenvalue weighted by atomic mass is 16.4. The van der Waals surface area contributed by atoms with Crippen molar-refractivity contribution < 1.29 is 39.3 Å². The molecule has 42 heavy (non-hydrogen) atoms. The van der Waals surface area contributed by atoms with Gasteiger partial charge in [0.15, 0.2) is 0 Å². The molecule has 0 radical (unpaired) electrons. The highest BCUT2D eigenvalue weighted by molar-refractivity contribution is 5.94. The summed E-state index contributed by atoms with van der Waals surface area (Å²) < 4.78 is 0. The van der Waals surface area contributed by atoms with E-state index in [0.29, 0.717) is 11.1 Å². The lowest BCUT2D eigenvalue weighted by Gasteiger charge is -2.26. The van der Waals surface area contributed by atoms with Crippen LogP contribution in [0.1, 0.15) is 44.2 Å². The Bertz CT molecular complexity index is 1230. The van der Waals surface area contributed by atoms with Crippen molar-refractivity contribution in [2.24, 2.45) is 17.4 Å². The van der Waals surface area contributed by atoms with Gasteiger partial charge in [-0.25, -0.2) is 4.79 Å². The van der Waals surface area contributed by atoms with Gasteiger partial charge in [0.05, 0.1) is 6.04 Å². The average Bonchev–Trinajstić information content (AvgIpc) is 2.92. The number of carboxylic acids is 1. The van der Waals surface area contributed by atoms with E-state index in [1.165, 1.54) is 36.4 Å². The summed E-state index contributed by atoms with van der Waals surface area (Å²) in [6, 6.07) is 7.00. The summed E-state index contributed by atoms with van der Waals surface area (Å²) >= 11 is 0. The van der Waals surface area contributed by atoms with Gasteiger partial charge in [0.2, 0.25) is 23.6 Å². The van der Waals surface area contributed by atoms with Crippen LogP contribution < -0.4 is 27.4 Å². The predicted octanol–water partition coefficient (Wildman–Crippen LogP) is 0.0609. The lowest BCUT2D eigenvalue weighted by molar-refractivity contribution is -0.142. The Morgan fingerprint density at radius 1 is 0.714 bits per heavy atom. The van der Waals surface area contributed by atoms with Crippen LogP contribution in [0.4, 0.5) is 0 Å². The summed E-state index contributed by atoms with van der Waals surface area (Å²) in [5, 5.41) is 36.6. The molecule has 0 fully saturated rings. The maximum atomic E-state index is 13.4. The molecule has 4 amide bonds. The number of carbonyl (C=O) groups is 5. The first-order chi connectivity index (χ1) is 19.7. The van der Waals surface area contributed by atoms with E-state index in [4.69, 9.17) is 11.5 Å². The lowest BCUT2D eigenvalue weighted by Crippen LogP contribution is -2.58. The van der Waals surface area contributed by atoms with Crippen molar-refractivity contribution in [2.45, 2.75) is 70.1 Å². The number of rotatable bonds is 16. The van der Waals surface area contributed by atoms with Gasteiger partial charge in [-0.15, -0.1) is 0 Å². The molecule has 0 spiro atoms. The fourth-order valence-electron chi connectivity index (χ4n) is 4.10. The standard InChI is InChI=1S/C29H39N5O8/c1-16(2)13-22(32-26(38)21(30)11-12-25(31)37)27(39)33-23(14-17-3-7-19(35)8-4-17)28(40)34-24(29(41)42)15-18-5-9-20(36)10-6-18/h3-10,16,21-24,35-36H,11-15,30H2,1-2H3,(H2,31,37)(H,32,38)(H,33,39)(H,34,40)(H,41,42). The molecule has 0 heterocycles. The minimum absolute atomic E-state index is 0.00297.